The van der Waals surface area contributed by atoms with Crippen LogP contribution in [0, 0.1) is 23.0 Å². The molecule has 0 bridgehead atoms. The number of nitrogens with one attached hydrogen (secondary N) is 1. The molecule has 2 aliphatic rings. The smallest absolute Gasteiger partial charge is 0.311 e. The van der Waals surface area contributed by atoms with Gasteiger partial charge in [0.05, 0.1) is 4.92 Å². The first kappa shape index (κ1) is 12.3. The second-order valence-electron chi connectivity index (χ2n) is 5.46. The lowest BCUT2D eigenvalue weighted by Crippen LogP contribution is -2.44. The monoisotopic (exact) mass is 262 g/mol. The molecular weight excluding hydrogens is 244 g/mol. The van der Waals surface area contributed by atoms with Gasteiger partial charge < -0.3 is 10.2 Å². The van der Waals surface area contributed by atoms with Gasteiger partial charge in [-0.1, -0.05) is 0 Å². The van der Waals surface area contributed by atoms with Crippen molar-refractivity contribution in [1.82, 2.24) is 10.3 Å². The third kappa shape index (κ3) is 2.28. The van der Waals surface area contributed by atoms with Crippen LogP contribution in [0.2, 0.25) is 0 Å². The summed E-state index contributed by atoms with van der Waals surface area (Å²) in [7, 11) is 0. The number of anilines is 1. The zero-order valence-corrected chi connectivity index (χ0v) is 11.0. The molecule has 2 atom stereocenters. The molecule has 2 unspecified atom stereocenters. The lowest BCUT2D eigenvalue weighted by Gasteiger charge is -2.35. The minimum Gasteiger partial charge on any atom is -0.350 e. The molecule has 6 heteroatoms. The van der Waals surface area contributed by atoms with Crippen molar-refractivity contribution in [2.45, 2.75) is 25.8 Å². The number of piperidine rings is 1. The summed E-state index contributed by atoms with van der Waals surface area (Å²) in [6, 6.07) is 2.20. The largest absolute Gasteiger partial charge is 0.350 e. The Labute approximate surface area is 112 Å². The Balaban J connectivity index is 1.87. The van der Waals surface area contributed by atoms with E-state index in [1.165, 1.54) is 0 Å². The summed E-state index contributed by atoms with van der Waals surface area (Å²) < 4.78 is 0. The molecule has 2 aliphatic heterocycles. The Morgan fingerprint density at radius 2 is 2.37 bits per heavy atom. The molecule has 0 saturated carbocycles. The van der Waals surface area contributed by atoms with Crippen LogP contribution in [0.1, 0.15) is 18.4 Å². The third-order valence-corrected chi connectivity index (χ3v) is 4.14. The van der Waals surface area contributed by atoms with Gasteiger partial charge in [-0.15, -0.1) is 0 Å². The van der Waals surface area contributed by atoms with Gasteiger partial charge in [-0.3, -0.25) is 10.1 Å². The van der Waals surface area contributed by atoms with E-state index in [9.17, 15) is 10.1 Å². The van der Waals surface area contributed by atoms with Crippen molar-refractivity contribution in [3.05, 3.63) is 27.9 Å². The maximum atomic E-state index is 11.2. The molecular formula is C13H18N4O2. The zero-order valence-electron chi connectivity index (χ0n) is 11.0. The molecule has 0 amide bonds. The van der Waals surface area contributed by atoms with Gasteiger partial charge in [-0.05, 0) is 37.8 Å². The van der Waals surface area contributed by atoms with Crippen molar-refractivity contribution < 1.29 is 4.92 Å². The normalized spacial score (nSPS) is 26.3. The van der Waals surface area contributed by atoms with E-state index < -0.39 is 0 Å². The Kier molecular flexibility index (Phi) is 3.10. The number of pyridine rings is 1. The van der Waals surface area contributed by atoms with Gasteiger partial charge in [-0.2, -0.15) is 0 Å². The Hall–Kier alpha value is -1.69. The van der Waals surface area contributed by atoms with Crippen LogP contribution >= 0.6 is 0 Å². The van der Waals surface area contributed by atoms with Crippen LogP contribution in [-0.4, -0.2) is 35.6 Å². The van der Waals surface area contributed by atoms with Crippen molar-refractivity contribution in [3.8, 4) is 0 Å². The minimum atomic E-state index is -0.325. The lowest BCUT2D eigenvalue weighted by atomic mass is 9.93. The first-order chi connectivity index (χ1) is 9.15. The SMILES string of the molecule is Cc1cnc(N2CCC3NCCC3C2)c([N+](=O)[O-])c1. The second kappa shape index (κ2) is 4.77. The highest BCUT2D eigenvalue weighted by atomic mass is 16.6. The Morgan fingerprint density at radius 1 is 1.53 bits per heavy atom. The lowest BCUT2D eigenvalue weighted by molar-refractivity contribution is -0.384. The van der Waals surface area contributed by atoms with Gasteiger partial charge in [0, 0.05) is 31.4 Å². The second-order valence-corrected chi connectivity index (χ2v) is 5.46. The molecule has 0 spiro atoms. The van der Waals surface area contributed by atoms with Crippen LogP contribution in [-0.2, 0) is 0 Å². The number of fused-ring (bicyclic) bond motifs is 1. The highest BCUT2D eigenvalue weighted by Crippen LogP contribution is 2.32. The summed E-state index contributed by atoms with van der Waals surface area (Å²) in [6.07, 6.45) is 3.90. The molecule has 2 saturated heterocycles. The molecule has 0 radical (unpaired) electrons. The first-order valence-electron chi connectivity index (χ1n) is 6.74. The molecule has 0 aliphatic carbocycles. The maximum absolute atomic E-state index is 11.2. The van der Waals surface area contributed by atoms with E-state index in [4.69, 9.17) is 0 Å². The van der Waals surface area contributed by atoms with Crippen molar-refractivity contribution in [3.63, 3.8) is 0 Å². The molecule has 1 aromatic rings. The van der Waals surface area contributed by atoms with E-state index >= 15 is 0 Å². The maximum Gasteiger partial charge on any atom is 0.311 e. The highest BCUT2D eigenvalue weighted by Gasteiger charge is 2.35. The molecule has 3 heterocycles. The van der Waals surface area contributed by atoms with E-state index in [0.29, 0.717) is 17.8 Å². The molecule has 1 N–H and O–H groups in total. The van der Waals surface area contributed by atoms with Crippen LogP contribution < -0.4 is 10.2 Å². The summed E-state index contributed by atoms with van der Waals surface area (Å²) in [5.41, 5.74) is 0.956. The summed E-state index contributed by atoms with van der Waals surface area (Å²) in [5, 5.41) is 14.7. The Morgan fingerprint density at radius 3 is 3.16 bits per heavy atom. The van der Waals surface area contributed by atoms with E-state index in [2.05, 4.69) is 15.2 Å². The zero-order chi connectivity index (χ0) is 13.4. The van der Waals surface area contributed by atoms with Crippen LogP contribution in [0.3, 0.4) is 0 Å². The number of nitrogens with zero attached hydrogens (tertiary/aromatic N) is 3. The van der Waals surface area contributed by atoms with Crippen LogP contribution in [0.5, 0.6) is 0 Å². The topological polar surface area (TPSA) is 71.3 Å². The average molecular weight is 262 g/mol. The van der Waals surface area contributed by atoms with E-state index in [1.807, 2.05) is 6.92 Å². The van der Waals surface area contributed by atoms with Gasteiger partial charge in [0.2, 0.25) is 5.82 Å². The first-order valence-corrected chi connectivity index (χ1v) is 6.74. The summed E-state index contributed by atoms with van der Waals surface area (Å²) in [5.74, 6) is 1.12. The highest BCUT2D eigenvalue weighted by molar-refractivity contribution is 5.58. The molecule has 2 fully saturated rings. The number of hydrogen-bond acceptors (Lipinski definition) is 5. The minimum absolute atomic E-state index is 0.129. The number of hydrogen-bond donors (Lipinski definition) is 1. The molecule has 19 heavy (non-hydrogen) atoms. The number of aryl methyl sites for hydroxylation is 1. The summed E-state index contributed by atoms with van der Waals surface area (Å²) in [6.45, 7) is 4.60. The molecule has 3 rings (SSSR count). The van der Waals surface area contributed by atoms with Crippen molar-refractivity contribution in [1.29, 1.82) is 0 Å². The van der Waals surface area contributed by atoms with Gasteiger partial charge in [0.1, 0.15) is 0 Å². The van der Waals surface area contributed by atoms with Gasteiger partial charge in [0.15, 0.2) is 0 Å². The van der Waals surface area contributed by atoms with Crippen LogP contribution in [0.25, 0.3) is 0 Å². The average Bonchev–Trinajstić information content (AvgIpc) is 2.85. The van der Waals surface area contributed by atoms with Crippen molar-refractivity contribution in [2.75, 3.05) is 24.5 Å². The fourth-order valence-electron chi connectivity index (χ4n) is 3.16. The molecule has 1 aromatic heterocycles. The quantitative estimate of drug-likeness (QED) is 0.645. The van der Waals surface area contributed by atoms with Gasteiger partial charge in [-0.25, -0.2) is 4.98 Å². The van der Waals surface area contributed by atoms with Crippen molar-refractivity contribution >= 4 is 11.5 Å². The fourth-order valence-corrected chi connectivity index (χ4v) is 3.16. The third-order valence-electron chi connectivity index (χ3n) is 4.14. The van der Waals surface area contributed by atoms with E-state index in [0.717, 1.165) is 38.0 Å². The predicted molar refractivity (Wildman–Crippen MR) is 72.4 cm³/mol. The van der Waals surface area contributed by atoms with Gasteiger partial charge >= 0.3 is 5.69 Å². The summed E-state index contributed by atoms with van der Waals surface area (Å²) >= 11 is 0. The molecule has 6 nitrogen and oxygen atoms in total. The number of aromatic nitrogens is 1. The van der Waals surface area contributed by atoms with Gasteiger partial charge in [0.25, 0.3) is 0 Å². The van der Waals surface area contributed by atoms with Crippen LogP contribution in [0.15, 0.2) is 12.3 Å². The standard InChI is InChI=1S/C13H18N4O2/c1-9-6-12(17(18)19)13(15-7-9)16-5-3-11-10(8-16)2-4-14-11/h6-7,10-11,14H,2-5,8H2,1H3. The fraction of sp³-hybridized carbons (Fsp3) is 0.615. The molecule has 0 aromatic carbocycles. The van der Waals surface area contributed by atoms with E-state index in [-0.39, 0.29) is 10.6 Å². The number of rotatable bonds is 2. The number of nitro groups is 1. The van der Waals surface area contributed by atoms with E-state index in [1.54, 1.807) is 12.3 Å². The summed E-state index contributed by atoms with van der Waals surface area (Å²) in [4.78, 5) is 17.2. The molecule has 102 valence electrons. The predicted octanol–water partition coefficient (Wildman–Crippen LogP) is 1.49. The van der Waals surface area contributed by atoms with Crippen molar-refractivity contribution in [2.24, 2.45) is 5.92 Å². The van der Waals surface area contributed by atoms with Crippen LogP contribution in [0.4, 0.5) is 11.5 Å². The Bertz CT molecular complexity index is 505.